The Morgan fingerprint density at radius 2 is 2.27 bits per heavy atom. The van der Waals surface area contributed by atoms with Crippen LogP contribution in [0.15, 0.2) is 51.0 Å². The average Bonchev–Trinajstić information content (AvgIpc) is 3.34. The Bertz CT molecular complexity index is 1340. The second-order valence-electron chi connectivity index (χ2n) is 6.31. The van der Waals surface area contributed by atoms with Gasteiger partial charge in [0.1, 0.15) is 10.5 Å². The lowest BCUT2D eigenvalue weighted by molar-refractivity contribution is -0.118. The maximum atomic E-state index is 12.6. The molecule has 4 aromatic rings. The molecule has 0 fully saturated rings. The van der Waals surface area contributed by atoms with E-state index in [1.165, 1.54) is 11.3 Å². The van der Waals surface area contributed by atoms with Crippen LogP contribution in [-0.2, 0) is 11.3 Å². The van der Waals surface area contributed by atoms with Gasteiger partial charge in [0, 0.05) is 10.7 Å². The van der Waals surface area contributed by atoms with Crippen molar-refractivity contribution >= 4 is 63.2 Å². The van der Waals surface area contributed by atoms with Crippen molar-refractivity contribution in [2.24, 2.45) is 0 Å². The number of amides is 1. The number of nitrogens with zero attached hydrogens (tertiary/aromatic N) is 2. The number of carbonyl (C=O) groups is 1. The maximum Gasteiger partial charge on any atom is 0.271 e. The lowest BCUT2D eigenvalue weighted by Crippen LogP contribution is -2.24. The number of H-pyrrole nitrogens is 1. The molecule has 0 aliphatic rings. The number of hydrogen-bond acceptors (Lipinski definition) is 7. The highest BCUT2D eigenvalue weighted by Crippen LogP contribution is 2.26. The van der Waals surface area contributed by atoms with E-state index < -0.39 is 0 Å². The van der Waals surface area contributed by atoms with Gasteiger partial charge in [0.2, 0.25) is 5.91 Å². The summed E-state index contributed by atoms with van der Waals surface area (Å²) < 4.78 is 7.86. The number of benzene rings is 1. The number of carbonyl (C=O) groups excluding carboxylic acids is 1. The van der Waals surface area contributed by atoms with Gasteiger partial charge in [-0.2, -0.15) is 0 Å². The molecule has 1 amide bonds. The fourth-order valence-electron chi connectivity index (χ4n) is 2.74. The van der Waals surface area contributed by atoms with Gasteiger partial charge in [0.05, 0.1) is 18.6 Å². The number of thioether (sulfide) groups is 1. The van der Waals surface area contributed by atoms with E-state index in [4.69, 9.17) is 28.2 Å². The molecule has 0 atom stereocenters. The van der Waals surface area contributed by atoms with E-state index in [9.17, 15) is 9.59 Å². The molecule has 11 heteroatoms. The van der Waals surface area contributed by atoms with Crippen molar-refractivity contribution in [2.45, 2.75) is 18.6 Å². The molecule has 3 aromatic heterocycles. The molecule has 0 radical (unpaired) electrons. The van der Waals surface area contributed by atoms with Crippen LogP contribution in [0.25, 0.3) is 16.0 Å². The van der Waals surface area contributed by atoms with Gasteiger partial charge in [0.15, 0.2) is 14.8 Å². The first-order chi connectivity index (χ1) is 14.4. The van der Waals surface area contributed by atoms with Crippen LogP contribution in [-0.4, -0.2) is 26.2 Å². The van der Waals surface area contributed by atoms with Crippen molar-refractivity contribution in [2.75, 3.05) is 5.75 Å². The molecule has 7 nitrogen and oxygen atoms in total. The molecule has 3 heterocycles. The minimum Gasteiger partial charge on any atom is -0.467 e. The Balaban J connectivity index is 1.59. The number of hydrogen-bond donors (Lipinski definition) is 2. The molecule has 0 saturated heterocycles. The molecule has 0 bridgehead atoms. The summed E-state index contributed by atoms with van der Waals surface area (Å²) in [6, 6.07) is 9.03. The van der Waals surface area contributed by atoms with Gasteiger partial charge in [-0.15, -0.1) is 0 Å². The van der Waals surface area contributed by atoms with Crippen LogP contribution in [0.5, 0.6) is 0 Å². The fourth-order valence-corrected chi connectivity index (χ4v) is 4.82. The Morgan fingerprint density at radius 3 is 3.00 bits per heavy atom. The number of nitrogens with one attached hydrogen (secondary N) is 2. The van der Waals surface area contributed by atoms with E-state index in [-0.39, 0.29) is 17.2 Å². The monoisotopic (exact) mass is 478 g/mol. The van der Waals surface area contributed by atoms with Gasteiger partial charge in [0.25, 0.3) is 5.56 Å². The molecule has 2 N–H and O–H groups in total. The standard InChI is InChI=1S/C19H15ClN4O3S3/c1-10-7-11(4-5-13(10)20)24-16-15(30-19(24)28)17(26)23-18(22-16)29-9-14(25)21-8-12-3-2-6-27-12/h2-7H,8-9H2,1H3,(H,21,25)(H,22,23,26). The lowest BCUT2D eigenvalue weighted by atomic mass is 10.2. The minimum atomic E-state index is -0.293. The summed E-state index contributed by atoms with van der Waals surface area (Å²) in [5, 5.41) is 3.74. The first-order valence-corrected chi connectivity index (χ1v) is 11.4. The molecule has 154 valence electrons. The van der Waals surface area contributed by atoms with E-state index in [0.29, 0.717) is 36.8 Å². The van der Waals surface area contributed by atoms with E-state index in [1.807, 2.05) is 19.1 Å². The summed E-state index contributed by atoms with van der Waals surface area (Å²) in [4.78, 5) is 31.9. The van der Waals surface area contributed by atoms with Gasteiger partial charge < -0.3 is 14.7 Å². The number of halogens is 1. The molecule has 0 spiro atoms. The third kappa shape index (κ3) is 4.36. The van der Waals surface area contributed by atoms with Crippen LogP contribution < -0.4 is 10.9 Å². The summed E-state index contributed by atoms with van der Waals surface area (Å²) in [6.45, 7) is 2.20. The number of thiazole rings is 1. The van der Waals surface area contributed by atoms with Crippen LogP contribution in [0.2, 0.25) is 5.02 Å². The van der Waals surface area contributed by atoms with E-state index in [1.54, 1.807) is 29.0 Å². The van der Waals surface area contributed by atoms with Crippen LogP contribution in [0.4, 0.5) is 0 Å². The summed E-state index contributed by atoms with van der Waals surface area (Å²) >= 11 is 13.9. The van der Waals surface area contributed by atoms with E-state index in [2.05, 4.69) is 15.3 Å². The second kappa shape index (κ2) is 8.76. The summed E-state index contributed by atoms with van der Waals surface area (Å²) in [6.07, 6.45) is 1.55. The van der Waals surface area contributed by atoms with Crippen LogP contribution in [0.1, 0.15) is 11.3 Å². The molecule has 0 aliphatic carbocycles. The Kier molecular flexibility index (Phi) is 6.09. The third-order valence-corrected chi connectivity index (χ3v) is 6.86. The first-order valence-electron chi connectivity index (χ1n) is 8.76. The molecule has 4 rings (SSSR count). The van der Waals surface area contributed by atoms with Crippen LogP contribution in [0, 0.1) is 10.9 Å². The van der Waals surface area contributed by atoms with Gasteiger partial charge in [-0.1, -0.05) is 34.7 Å². The number of furan rings is 1. The van der Waals surface area contributed by atoms with Crippen molar-refractivity contribution in [3.63, 3.8) is 0 Å². The number of aromatic amines is 1. The lowest BCUT2D eigenvalue weighted by Gasteiger charge is -2.07. The highest BCUT2D eigenvalue weighted by molar-refractivity contribution is 7.99. The van der Waals surface area contributed by atoms with Gasteiger partial charge in [-0.05, 0) is 55.0 Å². The van der Waals surface area contributed by atoms with Crippen molar-refractivity contribution in [3.8, 4) is 5.69 Å². The zero-order valence-corrected chi connectivity index (χ0v) is 18.8. The molecule has 0 saturated carbocycles. The van der Waals surface area contributed by atoms with E-state index in [0.717, 1.165) is 23.0 Å². The topological polar surface area (TPSA) is 92.9 Å². The van der Waals surface area contributed by atoms with Gasteiger partial charge >= 0.3 is 0 Å². The van der Waals surface area contributed by atoms with Crippen molar-refractivity contribution in [3.05, 3.63) is 67.2 Å². The van der Waals surface area contributed by atoms with Gasteiger partial charge in [-0.3, -0.25) is 14.2 Å². The average molecular weight is 479 g/mol. The third-order valence-electron chi connectivity index (χ3n) is 4.20. The quantitative estimate of drug-likeness (QED) is 0.241. The SMILES string of the molecule is Cc1cc(-n2c(=S)sc3c(=O)[nH]c(SCC(=O)NCc4ccco4)nc32)ccc1Cl. The summed E-state index contributed by atoms with van der Waals surface area (Å²) in [5.41, 5.74) is 1.83. The summed E-state index contributed by atoms with van der Waals surface area (Å²) in [5.74, 6) is 0.562. The summed E-state index contributed by atoms with van der Waals surface area (Å²) in [7, 11) is 0. The van der Waals surface area contributed by atoms with Crippen molar-refractivity contribution in [1.29, 1.82) is 0 Å². The number of aryl methyl sites for hydroxylation is 1. The molecule has 0 unspecified atom stereocenters. The maximum absolute atomic E-state index is 12.6. The predicted octanol–water partition coefficient (Wildman–Crippen LogP) is 4.47. The molecule has 30 heavy (non-hydrogen) atoms. The second-order valence-corrected chi connectivity index (χ2v) is 9.32. The number of fused-ring (bicyclic) bond motifs is 1. The number of rotatable bonds is 6. The predicted molar refractivity (Wildman–Crippen MR) is 121 cm³/mol. The smallest absolute Gasteiger partial charge is 0.271 e. The largest absolute Gasteiger partial charge is 0.467 e. The zero-order chi connectivity index (χ0) is 21.3. The molecule has 0 aliphatic heterocycles. The minimum absolute atomic E-state index is 0.0973. The Hall–Kier alpha value is -2.40. The highest BCUT2D eigenvalue weighted by Gasteiger charge is 2.15. The molecule has 1 aromatic carbocycles. The van der Waals surface area contributed by atoms with Gasteiger partial charge in [-0.25, -0.2) is 4.98 Å². The Morgan fingerprint density at radius 1 is 1.43 bits per heavy atom. The number of aromatic nitrogens is 3. The van der Waals surface area contributed by atoms with E-state index >= 15 is 0 Å². The van der Waals surface area contributed by atoms with Crippen molar-refractivity contribution in [1.82, 2.24) is 19.9 Å². The molecular formula is C19H15ClN4O3S3. The first kappa shape index (κ1) is 20.9. The Labute approximate surface area is 189 Å². The highest BCUT2D eigenvalue weighted by atomic mass is 35.5. The fraction of sp³-hybridized carbons (Fsp3) is 0.158. The van der Waals surface area contributed by atoms with Crippen LogP contribution in [0.3, 0.4) is 0 Å². The zero-order valence-electron chi connectivity index (χ0n) is 15.6. The normalized spacial score (nSPS) is 11.1. The van der Waals surface area contributed by atoms with Crippen molar-refractivity contribution < 1.29 is 9.21 Å². The molecular weight excluding hydrogens is 464 g/mol. The van der Waals surface area contributed by atoms with Crippen LogP contribution >= 0.6 is 46.9 Å².